The third-order valence-electron chi connectivity index (χ3n) is 4.22. The van der Waals surface area contributed by atoms with Crippen molar-refractivity contribution in [2.45, 2.75) is 25.6 Å². The molecule has 1 unspecified atom stereocenters. The van der Waals surface area contributed by atoms with Gasteiger partial charge in [0.05, 0.1) is 29.1 Å². The Labute approximate surface area is 157 Å². The highest BCUT2D eigenvalue weighted by atomic mass is 32.2. The van der Waals surface area contributed by atoms with Crippen molar-refractivity contribution in [2.75, 3.05) is 12.9 Å². The van der Waals surface area contributed by atoms with Crippen LogP contribution in [0.25, 0.3) is 11.0 Å². The van der Waals surface area contributed by atoms with E-state index in [1.54, 1.807) is 18.9 Å². The summed E-state index contributed by atoms with van der Waals surface area (Å²) < 4.78 is 5.32. The van der Waals surface area contributed by atoms with E-state index in [4.69, 9.17) is 4.74 Å². The molecule has 1 amide bonds. The van der Waals surface area contributed by atoms with Gasteiger partial charge >= 0.3 is 0 Å². The van der Waals surface area contributed by atoms with E-state index in [1.165, 1.54) is 0 Å². The standard InChI is InChI=1S/C20H23N3O2S/c1-13-8-9-15(10-18(13)25-3)11-21-19(24)12-26-14(2)20-22-16-6-4-5-7-17(16)23-20/h4-10,14H,11-12H2,1-3H3,(H,21,24)(H,22,23). The molecule has 1 heterocycles. The number of nitrogens with one attached hydrogen (secondary N) is 2. The highest BCUT2D eigenvalue weighted by Crippen LogP contribution is 2.27. The van der Waals surface area contributed by atoms with E-state index in [-0.39, 0.29) is 11.2 Å². The van der Waals surface area contributed by atoms with Gasteiger partial charge in [0.15, 0.2) is 0 Å². The molecule has 3 aromatic rings. The molecular weight excluding hydrogens is 346 g/mol. The van der Waals surface area contributed by atoms with Gasteiger partial charge in [0.1, 0.15) is 11.6 Å². The molecule has 1 atom stereocenters. The summed E-state index contributed by atoms with van der Waals surface area (Å²) in [5.74, 6) is 2.13. The molecule has 2 aromatic carbocycles. The number of methoxy groups -OCH3 is 1. The van der Waals surface area contributed by atoms with E-state index in [0.29, 0.717) is 12.3 Å². The summed E-state index contributed by atoms with van der Waals surface area (Å²) in [5, 5.41) is 3.08. The summed E-state index contributed by atoms with van der Waals surface area (Å²) in [4.78, 5) is 20.1. The minimum Gasteiger partial charge on any atom is -0.496 e. The Morgan fingerprint density at radius 1 is 1.31 bits per heavy atom. The minimum atomic E-state index is 0.0116. The number of aromatic nitrogens is 2. The molecule has 1 aromatic heterocycles. The highest BCUT2D eigenvalue weighted by Gasteiger charge is 2.13. The number of ether oxygens (including phenoxy) is 1. The van der Waals surface area contributed by atoms with E-state index in [0.717, 1.165) is 33.7 Å². The number of amides is 1. The van der Waals surface area contributed by atoms with E-state index < -0.39 is 0 Å². The Balaban J connectivity index is 1.50. The summed E-state index contributed by atoms with van der Waals surface area (Å²) in [7, 11) is 1.65. The largest absolute Gasteiger partial charge is 0.496 e. The van der Waals surface area contributed by atoms with Gasteiger partial charge in [-0.2, -0.15) is 0 Å². The molecule has 6 heteroatoms. The van der Waals surface area contributed by atoms with Gasteiger partial charge in [-0.1, -0.05) is 24.3 Å². The first-order chi connectivity index (χ1) is 12.6. The lowest BCUT2D eigenvalue weighted by Crippen LogP contribution is -2.24. The number of H-pyrrole nitrogens is 1. The van der Waals surface area contributed by atoms with E-state index in [2.05, 4.69) is 22.2 Å². The van der Waals surface area contributed by atoms with Gasteiger partial charge in [0.25, 0.3) is 0 Å². The van der Waals surface area contributed by atoms with Crippen molar-refractivity contribution in [1.82, 2.24) is 15.3 Å². The first-order valence-electron chi connectivity index (χ1n) is 8.53. The zero-order valence-corrected chi connectivity index (χ0v) is 16.0. The van der Waals surface area contributed by atoms with Crippen molar-refractivity contribution >= 4 is 28.7 Å². The fourth-order valence-corrected chi connectivity index (χ4v) is 3.44. The van der Waals surface area contributed by atoms with Crippen LogP contribution in [0, 0.1) is 6.92 Å². The molecule has 0 aliphatic carbocycles. The average molecular weight is 369 g/mol. The quantitative estimate of drug-likeness (QED) is 0.661. The number of aryl methyl sites for hydroxylation is 1. The number of carbonyl (C=O) groups is 1. The van der Waals surface area contributed by atoms with Crippen LogP contribution in [-0.4, -0.2) is 28.7 Å². The number of benzene rings is 2. The molecule has 26 heavy (non-hydrogen) atoms. The number of hydrogen-bond acceptors (Lipinski definition) is 4. The molecule has 0 aliphatic rings. The first-order valence-corrected chi connectivity index (χ1v) is 9.58. The summed E-state index contributed by atoms with van der Waals surface area (Å²) >= 11 is 1.57. The number of hydrogen-bond donors (Lipinski definition) is 2. The Morgan fingerprint density at radius 3 is 2.88 bits per heavy atom. The number of fused-ring (bicyclic) bond motifs is 1. The van der Waals surface area contributed by atoms with Crippen LogP contribution in [0.4, 0.5) is 0 Å². The first kappa shape index (κ1) is 18.3. The van der Waals surface area contributed by atoms with Gasteiger partial charge in [-0.3, -0.25) is 4.79 Å². The van der Waals surface area contributed by atoms with Crippen molar-refractivity contribution in [3.8, 4) is 5.75 Å². The summed E-state index contributed by atoms with van der Waals surface area (Å²) in [6, 6.07) is 13.9. The van der Waals surface area contributed by atoms with Crippen LogP contribution in [0.5, 0.6) is 5.75 Å². The smallest absolute Gasteiger partial charge is 0.230 e. The number of thioether (sulfide) groups is 1. The Bertz CT molecular complexity index is 874. The predicted octanol–water partition coefficient (Wildman–Crippen LogP) is 3.99. The lowest BCUT2D eigenvalue weighted by molar-refractivity contribution is -0.118. The monoisotopic (exact) mass is 369 g/mol. The second-order valence-corrected chi connectivity index (χ2v) is 7.50. The zero-order chi connectivity index (χ0) is 18.5. The molecule has 0 saturated heterocycles. The SMILES string of the molecule is COc1cc(CNC(=O)CSC(C)c2nc3ccccc3[nH]2)ccc1C. The van der Waals surface area contributed by atoms with Crippen LogP contribution in [-0.2, 0) is 11.3 Å². The highest BCUT2D eigenvalue weighted by molar-refractivity contribution is 8.00. The maximum Gasteiger partial charge on any atom is 0.230 e. The molecular formula is C20H23N3O2S. The lowest BCUT2D eigenvalue weighted by atomic mass is 10.1. The number of imidazole rings is 1. The fraction of sp³-hybridized carbons (Fsp3) is 0.300. The van der Waals surface area contributed by atoms with Crippen molar-refractivity contribution in [3.63, 3.8) is 0 Å². The number of carbonyl (C=O) groups excluding carboxylic acids is 1. The van der Waals surface area contributed by atoms with Crippen molar-refractivity contribution in [3.05, 3.63) is 59.4 Å². The third kappa shape index (κ3) is 4.38. The van der Waals surface area contributed by atoms with Crippen LogP contribution in [0.3, 0.4) is 0 Å². The van der Waals surface area contributed by atoms with Gasteiger partial charge in [0.2, 0.25) is 5.91 Å². The molecule has 5 nitrogen and oxygen atoms in total. The van der Waals surface area contributed by atoms with Crippen LogP contribution < -0.4 is 10.1 Å². The van der Waals surface area contributed by atoms with Crippen LogP contribution >= 0.6 is 11.8 Å². The molecule has 0 fully saturated rings. The second-order valence-electron chi connectivity index (χ2n) is 6.17. The van der Waals surface area contributed by atoms with E-state index >= 15 is 0 Å². The lowest BCUT2D eigenvalue weighted by Gasteiger charge is -2.10. The van der Waals surface area contributed by atoms with E-state index in [9.17, 15) is 4.79 Å². The Kier molecular flexibility index (Phi) is 5.83. The number of nitrogens with zero attached hydrogens (tertiary/aromatic N) is 1. The van der Waals surface area contributed by atoms with Gasteiger partial charge in [-0.05, 0) is 43.2 Å². The molecule has 2 N–H and O–H groups in total. The minimum absolute atomic E-state index is 0.0116. The van der Waals surface area contributed by atoms with Crippen LogP contribution in [0.1, 0.15) is 29.1 Å². The van der Waals surface area contributed by atoms with Gasteiger partial charge in [-0.25, -0.2) is 4.98 Å². The summed E-state index contributed by atoms with van der Waals surface area (Å²) in [6.45, 7) is 4.55. The topological polar surface area (TPSA) is 67.0 Å². The number of rotatable bonds is 7. The van der Waals surface area contributed by atoms with Crippen LogP contribution in [0.15, 0.2) is 42.5 Å². The Morgan fingerprint density at radius 2 is 2.12 bits per heavy atom. The maximum atomic E-state index is 12.2. The molecule has 0 aliphatic heterocycles. The van der Waals surface area contributed by atoms with Crippen molar-refractivity contribution in [1.29, 1.82) is 0 Å². The van der Waals surface area contributed by atoms with Crippen molar-refractivity contribution < 1.29 is 9.53 Å². The van der Waals surface area contributed by atoms with Crippen molar-refractivity contribution in [2.24, 2.45) is 0 Å². The second kappa shape index (κ2) is 8.27. The molecule has 0 radical (unpaired) electrons. The predicted molar refractivity (Wildman–Crippen MR) is 107 cm³/mol. The third-order valence-corrected chi connectivity index (χ3v) is 5.37. The van der Waals surface area contributed by atoms with Gasteiger partial charge in [-0.15, -0.1) is 11.8 Å². The zero-order valence-electron chi connectivity index (χ0n) is 15.2. The molecule has 0 spiro atoms. The fourth-order valence-electron chi connectivity index (χ4n) is 2.67. The maximum absolute atomic E-state index is 12.2. The average Bonchev–Trinajstić information content (AvgIpc) is 3.09. The molecule has 0 bridgehead atoms. The van der Waals surface area contributed by atoms with E-state index in [1.807, 2.05) is 49.4 Å². The molecule has 3 rings (SSSR count). The number of para-hydroxylation sites is 2. The van der Waals surface area contributed by atoms with Crippen LogP contribution in [0.2, 0.25) is 0 Å². The molecule has 0 saturated carbocycles. The molecule has 136 valence electrons. The summed E-state index contributed by atoms with van der Waals surface area (Å²) in [6.07, 6.45) is 0. The Hall–Kier alpha value is -2.47. The van der Waals surface area contributed by atoms with Gasteiger partial charge in [0, 0.05) is 6.54 Å². The summed E-state index contributed by atoms with van der Waals surface area (Å²) in [5.41, 5.74) is 4.08. The van der Waals surface area contributed by atoms with Gasteiger partial charge < -0.3 is 15.0 Å². The normalized spacial score (nSPS) is 12.1. The number of aromatic amines is 1.